The van der Waals surface area contributed by atoms with Gasteiger partial charge < -0.3 is 35.6 Å². The molecule has 1 amide bonds. The highest BCUT2D eigenvalue weighted by molar-refractivity contribution is 7.12. The second-order valence-electron chi connectivity index (χ2n) is 12.7. The van der Waals surface area contributed by atoms with Crippen LogP contribution in [0.2, 0.25) is 0 Å². The largest absolute Gasteiger partial charge is 0.506 e. The highest BCUT2D eigenvalue weighted by atomic mass is 32.1. The van der Waals surface area contributed by atoms with Crippen LogP contribution in [0.5, 0.6) is 5.75 Å². The zero-order valence-electron chi connectivity index (χ0n) is 27.8. The summed E-state index contributed by atoms with van der Waals surface area (Å²) in [5.74, 6) is -0.666. The van der Waals surface area contributed by atoms with E-state index in [0.717, 1.165) is 61.8 Å². The molecule has 0 saturated heterocycles. The number of aliphatic hydroxyl groups is 2. The lowest BCUT2D eigenvalue weighted by molar-refractivity contribution is -0.169. The van der Waals surface area contributed by atoms with Crippen LogP contribution < -0.4 is 10.6 Å². The van der Waals surface area contributed by atoms with Crippen molar-refractivity contribution in [2.24, 2.45) is 0 Å². The van der Waals surface area contributed by atoms with E-state index in [1.54, 1.807) is 24.3 Å². The van der Waals surface area contributed by atoms with E-state index in [-0.39, 0.29) is 24.1 Å². The maximum atomic E-state index is 13.4. The number of aromatic hydroxyl groups is 1. The van der Waals surface area contributed by atoms with Crippen LogP contribution in [0.25, 0.3) is 11.0 Å². The number of benzene rings is 2. The maximum Gasteiger partial charge on any atom is 0.349 e. The molecular weight excluding hydrogens is 677 g/mol. The third kappa shape index (κ3) is 8.06. The standard InChI is InChI=1S/C36H42N6O6S2/c1-41(26-9-11-27(12-10-26)48-35(46)36(47,33-5-2-17-49-33)34-6-3-18-50-34)15-4-16-42-30-13-7-24(19-28(30)39-40-42)21-37-22-32(45)25-8-14-31(44)29(20-25)38-23-43/h2-3,5-8,13-14,17-20,23,26-27,32,37,44-45,47H,4,9-12,15-16,21-22H2,1H3,(H,38,43)/t26?,27?,32-/m1/s1. The number of ether oxygens (including phenoxy) is 1. The fourth-order valence-electron chi connectivity index (χ4n) is 6.49. The third-order valence-electron chi connectivity index (χ3n) is 9.34. The summed E-state index contributed by atoms with van der Waals surface area (Å²) >= 11 is 2.70. The predicted molar refractivity (Wildman–Crippen MR) is 193 cm³/mol. The molecule has 5 N–H and O–H groups in total. The van der Waals surface area contributed by atoms with E-state index in [1.165, 1.54) is 28.7 Å². The summed E-state index contributed by atoms with van der Waals surface area (Å²) in [4.78, 5) is 27.6. The van der Waals surface area contributed by atoms with Crippen molar-refractivity contribution >= 4 is 51.8 Å². The molecule has 1 saturated carbocycles. The summed E-state index contributed by atoms with van der Waals surface area (Å²) in [6, 6.07) is 18.2. The van der Waals surface area contributed by atoms with Crippen molar-refractivity contribution < 1.29 is 29.6 Å². The van der Waals surface area contributed by atoms with E-state index in [2.05, 4.69) is 32.9 Å². The lowest BCUT2D eigenvalue weighted by Gasteiger charge is -2.35. The number of hydrogen-bond donors (Lipinski definition) is 5. The van der Waals surface area contributed by atoms with Crippen molar-refractivity contribution in [3.63, 3.8) is 0 Å². The number of aliphatic hydroxyl groups excluding tert-OH is 1. The zero-order chi connectivity index (χ0) is 35.1. The Kier molecular flexibility index (Phi) is 11.6. The van der Waals surface area contributed by atoms with Crippen LogP contribution in [0.1, 0.15) is 59.1 Å². The number of anilines is 1. The number of phenols is 1. The first-order valence-electron chi connectivity index (χ1n) is 16.7. The van der Waals surface area contributed by atoms with Gasteiger partial charge in [0, 0.05) is 25.7 Å². The van der Waals surface area contributed by atoms with Gasteiger partial charge in [-0.05, 0) is 104 Å². The number of esters is 1. The molecule has 5 aromatic rings. The number of nitrogens with zero attached hydrogens (tertiary/aromatic N) is 4. The smallest absolute Gasteiger partial charge is 0.349 e. The molecule has 0 radical (unpaired) electrons. The summed E-state index contributed by atoms with van der Waals surface area (Å²) in [5.41, 5.74) is 1.82. The number of amides is 1. The Hall–Kier alpha value is -4.18. The van der Waals surface area contributed by atoms with Crippen molar-refractivity contribution in [3.05, 3.63) is 92.3 Å². The summed E-state index contributed by atoms with van der Waals surface area (Å²) in [7, 11) is 2.14. The van der Waals surface area contributed by atoms with Crippen LogP contribution >= 0.6 is 22.7 Å². The third-order valence-corrected chi connectivity index (χ3v) is 11.3. The van der Waals surface area contributed by atoms with Crippen LogP contribution in [0.15, 0.2) is 71.4 Å². The van der Waals surface area contributed by atoms with E-state index in [9.17, 15) is 24.9 Å². The molecule has 14 heteroatoms. The Morgan fingerprint density at radius 3 is 2.52 bits per heavy atom. The first-order chi connectivity index (χ1) is 24.3. The number of rotatable bonds is 16. The Balaban J connectivity index is 0.935. The molecule has 6 rings (SSSR count). The van der Waals surface area contributed by atoms with E-state index >= 15 is 0 Å². The van der Waals surface area contributed by atoms with Gasteiger partial charge in [-0.25, -0.2) is 9.48 Å². The van der Waals surface area contributed by atoms with Gasteiger partial charge in [0.1, 0.15) is 17.4 Å². The fraction of sp³-hybridized carbons (Fsp3) is 0.389. The first kappa shape index (κ1) is 35.6. The summed E-state index contributed by atoms with van der Waals surface area (Å²) in [5, 5.41) is 50.1. The van der Waals surface area contributed by atoms with Gasteiger partial charge >= 0.3 is 5.97 Å². The van der Waals surface area contributed by atoms with Gasteiger partial charge in [0.25, 0.3) is 0 Å². The average Bonchev–Trinajstić information content (AvgIpc) is 3.93. The molecule has 1 aliphatic rings. The lowest BCUT2D eigenvalue weighted by Crippen LogP contribution is -2.42. The Bertz CT molecular complexity index is 1820. The second-order valence-corrected chi connectivity index (χ2v) is 14.6. The molecule has 0 bridgehead atoms. The normalized spacial score (nSPS) is 17.2. The monoisotopic (exact) mass is 718 g/mol. The number of phenolic OH excluding ortho intramolecular Hbond substituents is 1. The number of fused-ring (bicyclic) bond motifs is 1. The quantitative estimate of drug-likeness (QED) is 0.0547. The van der Waals surface area contributed by atoms with Gasteiger partial charge in [-0.15, -0.1) is 27.8 Å². The molecule has 0 spiro atoms. The van der Waals surface area contributed by atoms with Crippen molar-refractivity contribution in [2.45, 2.75) is 69.0 Å². The predicted octanol–water partition coefficient (Wildman–Crippen LogP) is 4.76. The molecular formula is C36H42N6O6S2. The molecule has 0 unspecified atom stereocenters. The Morgan fingerprint density at radius 1 is 1.10 bits per heavy atom. The van der Waals surface area contributed by atoms with Crippen LogP contribution in [0.4, 0.5) is 5.69 Å². The van der Waals surface area contributed by atoms with Crippen molar-refractivity contribution in [1.29, 1.82) is 0 Å². The number of aromatic nitrogens is 3. The van der Waals surface area contributed by atoms with Crippen LogP contribution in [0, 0.1) is 0 Å². The number of carbonyl (C=O) groups is 2. The van der Waals surface area contributed by atoms with E-state index in [0.29, 0.717) is 34.3 Å². The zero-order valence-corrected chi connectivity index (χ0v) is 29.4. The molecule has 3 aromatic heterocycles. The van der Waals surface area contributed by atoms with Crippen LogP contribution in [-0.4, -0.2) is 79.9 Å². The molecule has 1 aliphatic carbocycles. The number of aryl methyl sites for hydroxylation is 1. The molecule has 3 heterocycles. The molecule has 50 heavy (non-hydrogen) atoms. The van der Waals surface area contributed by atoms with E-state index in [1.807, 2.05) is 45.8 Å². The van der Waals surface area contributed by atoms with E-state index < -0.39 is 17.7 Å². The highest BCUT2D eigenvalue weighted by Crippen LogP contribution is 2.38. The maximum absolute atomic E-state index is 13.4. The van der Waals surface area contributed by atoms with Crippen molar-refractivity contribution in [2.75, 3.05) is 25.5 Å². The SMILES string of the molecule is CN(CCCn1nnc2cc(CNC[C@@H](O)c3ccc(O)c(NC=O)c3)ccc21)C1CCC(OC(=O)C(O)(c2cccs2)c2cccs2)CC1. The molecule has 2 aromatic carbocycles. The van der Waals surface area contributed by atoms with Gasteiger partial charge in [0.2, 0.25) is 12.0 Å². The number of carbonyl (C=O) groups excluding carboxylic acids is 2. The van der Waals surface area contributed by atoms with Crippen molar-refractivity contribution in [1.82, 2.24) is 25.2 Å². The molecule has 1 fully saturated rings. The molecule has 264 valence electrons. The topological polar surface area (TPSA) is 162 Å². The lowest BCUT2D eigenvalue weighted by atomic mass is 9.91. The summed E-state index contributed by atoms with van der Waals surface area (Å²) < 4.78 is 7.86. The first-order valence-corrected chi connectivity index (χ1v) is 18.5. The van der Waals surface area contributed by atoms with Gasteiger partial charge in [0.05, 0.1) is 27.1 Å². The van der Waals surface area contributed by atoms with Gasteiger partial charge in [0.15, 0.2) is 0 Å². The fourth-order valence-corrected chi connectivity index (χ4v) is 8.20. The van der Waals surface area contributed by atoms with Crippen LogP contribution in [-0.2, 0) is 33.0 Å². The van der Waals surface area contributed by atoms with Crippen LogP contribution in [0.3, 0.4) is 0 Å². The Morgan fingerprint density at radius 2 is 1.84 bits per heavy atom. The average molecular weight is 719 g/mol. The van der Waals surface area contributed by atoms with E-state index in [4.69, 9.17) is 4.74 Å². The highest BCUT2D eigenvalue weighted by Gasteiger charge is 2.45. The second kappa shape index (κ2) is 16.2. The van der Waals surface area contributed by atoms with Gasteiger partial charge in [-0.3, -0.25) is 4.79 Å². The minimum atomic E-state index is -1.78. The number of thiophene rings is 2. The van der Waals surface area contributed by atoms with Gasteiger partial charge in [-0.1, -0.05) is 29.5 Å². The van der Waals surface area contributed by atoms with Crippen molar-refractivity contribution in [3.8, 4) is 5.75 Å². The number of hydrogen-bond acceptors (Lipinski definition) is 12. The number of nitrogens with one attached hydrogen (secondary N) is 2. The summed E-state index contributed by atoms with van der Waals surface area (Å²) in [6.45, 7) is 2.43. The molecule has 1 atom stereocenters. The summed E-state index contributed by atoms with van der Waals surface area (Å²) in [6.07, 6.45) is 3.69. The minimum absolute atomic E-state index is 0.0652. The molecule has 0 aliphatic heterocycles. The minimum Gasteiger partial charge on any atom is -0.506 e. The van der Waals surface area contributed by atoms with Gasteiger partial charge in [-0.2, -0.15) is 0 Å². The Labute approximate surface area is 298 Å². The molecule has 12 nitrogen and oxygen atoms in total.